The number of morpholine rings is 1. The van der Waals surface area contributed by atoms with Crippen molar-refractivity contribution in [3.8, 4) is 0 Å². The number of nitrogens with one attached hydrogen (secondary N) is 1. The zero-order valence-corrected chi connectivity index (χ0v) is 10.6. The van der Waals surface area contributed by atoms with Crippen molar-refractivity contribution >= 4 is 11.3 Å². The molecular weight excluding hydrogens is 218 g/mol. The molecule has 0 amide bonds. The molecule has 3 rings (SSSR count). The molecule has 2 atom stereocenters. The smallest absolute Gasteiger partial charge is 0.107 e. The standard InChI is InChI=1S/C13H19NOS/c1-10-12(11-5-4-8-16-11)15-9-13(14-10)6-2-3-7-13/h4-5,8,10,12,14H,2-3,6-7,9H2,1H3. The molecule has 2 unspecified atom stereocenters. The quantitative estimate of drug-likeness (QED) is 0.810. The highest BCUT2D eigenvalue weighted by Gasteiger charge is 2.41. The highest BCUT2D eigenvalue weighted by molar-refractivity contribution is 7.10. The maximum atomic E-state index is 6.12. The summed E-state index contributed by atoms with van der Waals surface area (Å²) in [6.45, 7) is 3.14. The summed E-state index contributed by atoms with van der Waals surface area (Å²) in [5.41, 5.74) is 0.299. The average molecular weight is 237 g/mol. The molecule has 2 aliphatic rings. The third-order valence-corrected chi connectivity index (χ3v) is 4.85. The molecule has 3 heteroatoms. The Hall–Kier alpha value is -0.380. The van der Waals surface area contributed by atoms with E-state index in [9.17, 15) is 0 Å². The van der Waals surface area contributed by atoms with Gasteiger partial charge in [0.15, 0.2) is 0 Å². The molecule has 1 aliphatic heterocycles. The molecule has 2 heterocycles. The van der Waals surface area contributed by atoms with Gasteiger partial charge in [-0.25, -0.2) is 0 Å². The first-order chi connectivity index (χ1) is 7.79. The molecule has 2 nitrogen and oxygen atoms in total. The van der Waals surface area contributed by atoms with E-state index in [0.29, 0.717) is 11.6 Å². The van der Waals surface area contributed by atoms with Crippen molar-refractivity contribution in [3.05, 3.63) is 22.4 Å². The lowest BCUT2D eigenvalue weighted by atomic mass is 9.93. The van der Waals surface area contributed by atoms with Crippen LogP contribution in [0.25, 0.3) is 0 Å². The molecule has 1 aliphatic carbocycles. The van der Waals surface area contributed by atoms with Crippen molar-refractivity contribution in [1.29, 1.82) is 0 Å². The number of hydrogen-bond donors (Lipinski definition) is 1. The van der Waals surface area contributed by atoms with Crippen LogP contribution < -0.4 is 5.32 Å². The zero-order valence-electron chi connectivity index (χ0n) is 9.74. The molecule has 0 radical (unpaired) electrons. The van der Waals surface area contributed by atoms with Gasteiger partial charge in [0.25, 0.3) is 0 Å². The highest BCUT2D eigenvalue weighted by atomic mass is 32.1. The summed E-state index contributed by atoms with van der Waals surface area (Å²) in [5.74, 6) is 0. The van der Waals surface area contributed by atoms with Crippen LogP contribution in [-0.2, 0) is 4.74 Å². The summed E-state index contributed by atoms with van der Waals surface area (Å²) in [4.78, 5) is 1.35. The maximum Gasteiger partial charge on any atom is 0.107 e. The van der Waals surface area contributed by atoms with E-state index in [-0.39, 0.29) is 6.10 Å². The predicted octanol–water partition coefficient (Wildman–Crippen LogP) is 3.11. The van der Waals surface area contributed by atoms with Gasteiger partial charge in [-0.3, -0.25) is 0 Å². The van der Waals surface area contributed by atoms with Gasteiger partial charge in [-0.05, 0) is 31.2 Å². The zero-order chi connectivity index (χ0) is 11.0. The summed E-state index contributed by atoms with van der Waals surface area (Å²) in [5, 5.41) is 5.94. The maximum absolute atomic E-state index is 6.12. The van der Waals surface area contributed by atoms with Crippen molar-refractivity contribution in [2.75, 3.05) is 6.61 Å². The lowest BCUT2D eigenvalue weighted by Crippen LogP contribution is -2.57. The van der Waals surface area contributed by atoms with Crippen LogP contribution in [0.1, 0.15) is 43.6 Å². The van der Waals surface area contributed by atoms with Crippen molar-refractivity contribution < 1.29 is 4.74 Å². The SMILES string of the molecule is CC1NC2(CCCC2)COC1c1cccs1. The fourth-order valence-electron chi connectivity index (χ4n) is 3.12. The average Bonchev–Trinajstić information content (AvgIpc) is 2.90. The minimum atomic E-state index is 0.256. The molecule has 16 heavy (non-hydrogen) atoms. The Balaban J connectivity index is 1.73. The fraction of sp³-hybridized carbons (Fsp3) is 0.692. The molecule has 1 N–H and O–H groups in total. The third-order valence-electron chi connectivity index (χ3n) is 3.91. The number of hydrogen-bond acceptors (Lipinski definition) is 3. The molecule has 1 saturated heterocycles. The molecule has 0 aromatic carbocycles. The molecule has 88 valence electrons. The van der Waals surface area contributed by atoms with E-state index in [1.165, 1.54) is 30.6 Å². The predicted molar refractivity (Wildman–Crippen MR) is 66.8 cm³/mol. The second-order valence-corrected chi connectivity index (χ2v) is 6.15. The summed E-state index contributed by atoms with van der Waals surface area (Å²) >= 11 is 1.80. The topological polar surface area (TPSA) is 21.3 Å². The van der Waals surface area contributed by atoms with Crippen LogP contribution in [0.5, 0.6) is 0 Å². The highest BCUT2D eigenvalue weighted by Crippen LogP contribution is 2.38. The van der Waals surface area contributed by atoms with Gasteiger partial charge in [0.05, 0.1) is 6.61 Å². The van der Waals surface area contributed by atoms with Crippen LogP contribution in [-0.4, -0.2) is 18.2 Å². The van der Waals surface area contributed by atoms with E-state index in [1.807, 2.05) is 0 Å². The molecule has 1 aromatic heterocycles. The van der Waals surface area contributed by atoms with E-state index in [4.69, 9.17) is 4.74 Å². The molecule has 1 saturated carbocycles. The van der Waals surface area contributed by atoms with Gasteiger partial charge in [-0.2, -0.15) is 0 Å². The molecule has 1 aromatic rings. The fourth-order valence-corrected chi connectivity index (χ4v) is 3.99. The Morgan fingerprint density at radius 2 is 2.25 bits per heavy atom. The van der Waals surface area contributed by atoms with Gasteiger partial charge in [0.1, 0.15) is 6.10 Å². The molecular formula is C13H19NOS. The minimum Gasteiger partial charge on any atom is -0.369 e. The summed E-state index contributed by atoms with van der Waals surface area (Å²) in [6.07, 6.45) is 5.54. The molecule has 0 bridgehead atoms. The summed E-state index contributed by atoms with van der Waals surface area (Å²) < 4.78 is 6.12. The van der Waals surface area contributed by atoms with Crippen molar-refractivity contribution in [2.45, 2.75) is 50.3 Å². The van der Waals surface area contributed by atoms with E-state index in [1.54, 1.807) is 11.3 Å². The first kappa shape index (κ1) is 10.8. The van der Waals surface area contributed by atoms with Gasteiger partial charge >= 0.3 is 0 Å². The number of ether oxygens (including phenoxy) is 1. The minimum absolute atomic E-state index is 0.256. The van der Waals surface area contributed by atoms with Crippen molar-refractivity contribution in [3.63, 3.8) is 0 Å². The van der Waals surface area contributed by atoms with Gasteiger partial charge in [0, 0.05) is 16.5 Å². The Bertz CT molecular complexity index is 343. The Morgan fingerprint density at radius 1 is 1.44 bits per heavy atom. The van der Waals surface area contributed by atoms with Gasteiger partial charge < -0.3 is 10.1 Å². The molecule has 1 spiro atoms. The van der Waals surface area contributed by atoms with E-state index in [0.717, 1.165) is 6.61 Å². The normalized spacial score (nSPS) is 33.3. The van der Waals surface area contributed by atoms with Crippen LogP contribution in [0, 0.1) is 0 Å². The summed E-state index contributed by atoms with van der Waals surface area (Å²) in [7, 11) is 0. The van der Waals surface area contributed by atoms with Crippen LogP contribution in [0.15, 0.2) is 17.5 Å². The Morgan fingerprint density at radius 3 is 2.88 bits per heavy atom. The van der Waals surface area contributed by atoms with Crippen LogP contribution in [0.3, 0.4) is 0 Å². The first-order valence-corrected chi connectivity index (χ1v) is 7.10. The van der Waals surface area contributed by atoms with Gasteiger partial charge in [-0.1, -0.05) is 18.9 Å². The number of thiophene rings is 1. The van der Waals surface area contributed by atoms with Crippen LogP contribution in [0.2, 0.25) is 0 Å². The van der Waals surface area contributed by atoms with E-state index >= 15 is 0 Å². The summed E-state index contributed by atoms with van der Waals surface area (Å²) in [6, 6.07) is 4.72. The van der Waals surface area contributed by atoms with Crippen molar-refractivity contribution in [2.24, 2.45) is 0 Å². The van der Waals surface area contributed by atoms with Gasteiger partial charge in [-0.15, -0.1) is 11.3 Å². The largest absolute Gasteiger partial charge is 0.369 e. The first-order valence-electron chi connectivity index (χ1n) is 6.22. The van der Waals surface area contributed by atoms with E-state index < -0.39 is 0 Å². The lowest BCUT2D eigenvalue weighted by molar-refractivity contribution is -0.0570. The van der Waals surface area contributed by atoms with E-state index in [2.05, 4.69) is 29.8 Å². The Kier molecular flexibility index (Phi) is 2.78. The van der Waals surface area contributed by atoms with Crippen LogP contribution in [0.4, 0.5) is 0 Å². The Labute approximate surface area is 101 Å². The van der Waals surface area contributed by atoms with Crippen LogP contribution >= 0.6 is 11.3 Å². The monoisotopic (exact) mass is 237 g/mol. The lowest BCUT2D eigenvalue weighted by Gasteiger charge is -2.42. The van der Waals surface area contributed by atoms with Crippen molar-refractivity contribution in [1.82, 2.24) is 5.32 Å². The second-order valence-electron chi connectivity index (χ2n) is 5.17. The van der Waals surface area contributed by atoms with Gasteiger partial charge in [0.2, 0.25) is 0 Å². The molecule has 2 fully saturated rings. The third kappa shape index (κ3) is 1.81. The number of rotatable bonds is 1. The second kappa shape index (κ2) is 4.13.